The Hall–Kier alpha value is -0.210. The molecule has 0 radical (unpaired) electrons. The lowest BCUT2D eigenvalue weighted by Gasteiger charge is -2.00. The minimum Gasteiger partial charge on any atom is -0.330 e. The van der Waals surface area contributed by atoms with Gasteiger partial charge in [-0.1, -0.05) is 37.0 Å². The van der Waals surface area contributed by atoms with Crippen molar-refractivity contribution in [3.05, 3.63) is 10.7 Å². The van der Waals surface area contributed by atoms with Crippen LogP contribution in [0.2, 0.25) is 0 Å². The van der Waals surface area contributed by atoms with Crippen molar-refractivity contribution < 1.29 is 4.79 Å². The predicted molar refractivity (Wildman–Crippen MR) is 42.8 cm³/mol. The Balaban J connectivity index is 3.71. The predicted octanol–water partition coefficient (Wildman–Crippen LogP) is 2.04. The number of hydrogen-bond acceptors (Lipinski definition) is 1. The van der Waals surface area contributed by atoms with Gasteiger partial charge in [-0.2, -0.15) is 0 Å². The van der Waals surface area contributed by atoms with Crippen molar-refractivity contribution in [1.82, 2.24) is 5.32 Å². The highest BCUT2D eigenvalue weighted by Crippen LogP contribution is 2.03. The third-order valence-electron chi connectivity index (χ3n) is 0.848. The average molecular weight is 182 g/mol. The summed E-state index contributed by atoms with van der Waals surface area (Å²) in [6.45, 7) is 3.57. The molecule has 58 valence electrons. The van der Waals surface area contributed by atoms with Gasteiger partial charge in [-0.3, -0.25) is 4.79 Å². The van der Waals surface area contributed by atoms with Crippen molar-refractivity contribution in [2.45, 2.75) is 13.8 Å². The first kappa shape index (κ1) is 9.79. The number of amides is 1. The smallest absolute Gasteiger partial charge is 0.226 e. The average Bonchev–Trinajstić information content (AvgIpc) is 1.82. The van der Waals surface area contributed by atoms with Crippen LogP contribution in [0.4, 0.5) is 0 Å². The molecule has 0 unspecified atom stereocenters. The molecule has 10 heavy (non-hydrogen) atoms. The van der Waals surface area contributed by atoms with Crippen LogP contribution < -0.4 is 5.32 Å². The lowest BCUT2D eigenvalue weighted by atomic mass is 10.2. The van der Waals surface area contributed by atoms with Crippen LogP contribution in [0.1, 0.15) is 13.8 Å². The third-order valence-corrected chi connectivity index (χ3v) is 1.07. The van der Waals surface area contributed by atoms with E-state index in [-0.39, 0.29) is 16.3 Å². The van der Waals surface area contributed by atoms with Crippen LogP contribution in [0.5, 0.6) is 0 Å². The van der Waals surface area contributed by atoms with Gasteiger partial charge in [-0.05, 0) is 0 Å². The molecular formula is C6H9Cl2NO. The van der Waals surface area contributed by atoms with Gasteiger partial charge in [-0.25, -0.2) is 0 Å². The lowest BCUT2D eigenvalue weighted by molar-refractivity contribution is -0.123. The molecule has 0 aliphatic carbocycles. The maximum absolute atomic E-state index is 10.8. The number of rotatable bonds is 2. The first-order valence-corrected chi connectivity index (χ1v) is 3.61. The molecular weight excluding hydrogens is 173 g/mol. The highest BCUT2D eigenvalue weighted by Gasteiger charge is 2.03. The highest BCUT2D eigenvalue weighted by molar-refractivity contribution is 6.55. The van der Waals surface area contributed by atoms with Gasteiger partial charge in [-0.15, -0.1) is 0 Å². The van der Waals surface area contributed by atoms with Crippen LogP contribution in [-0.2, 0) is 4.79 Å². The summed E-state index contributed by atoms with van der Waals surface area (Å²) in [7, 11) is 0. The van der Waals surface area contributed by atoms with Gasteiger partial charge in [0.25, 0.3) is 0 Å². The van der Waals surface area contributed by atoms with E-state index in [0.717, 1.165) is 0 Å². The SMILES string of the molecule is CC(C)C(=O)NC=C(Cl)Cl. The van der Waals surface area contributed by atoms with Gasteiger partial charge in [0.1, 0.15) is 4.49 Å². The molecule has 1 amide bonds. The standard InChI is InChI=1S/C6H9Cl2NO/c1-4(2)6(10)9-3-5(7)8/h3-4H,1-2H3,(H,9,10). The van der Waals surface area contributed by atoms with E-state index in [1.807, 2.05) is 0 Å². The van der Waals surface area contributed by atoms with Gasteiger partial charge < -0.3 is 5.32 Å². The fourth-order valence-corrected chi connectivity index (χ4v) is 0.401. The maximum Gasteiger partial charge on any atom is 0.226 e. The zero-order valence-electron chi connectivity index (χ0n) is 5.82. The van der Waals surface area contributed by atoms with Gasteiger partial charge in [0.05, 0.1) is 0 Å². The Bertz CT molecular complexity index is 150. The van der Waals surface area contributed by atoms with Gasteiger partial charge in [0.15, 0.2) is 0 Å². The zero-order chi connectivity index (χ0) is 8.15. The Kier molecular flexibility index (Phi) is 4.49. The molecule has 0 fully saturated rings. The van der Waals surface area contributed by atoms with Crippen molar-refractivity contribution in [2.24, 2.45) is 5.92 Å². The molecule has 0 saturated heterocycles. The van der Waals surface area contributed by atoms with Crippen molar-refractivity contribution in [2.75, 3.05) is 0 Å². The molecule has 0 aromatic rings. The first-order valence-electron chi connectivity index (χ1n) is 2.85. The van der Waals surface area contributed by atoms with Crippen LogP contribution in [0.3, 0.4) is 0 Å². The van der Waals surface area contributed by atoms with E-state index < -0.39 is 0 Å². The number of nitrogens with one attached hydrogen (secondary N) is 1. The normalized spacial score (nSPS) is 9.30. The molecule has 0 rings (SSSR count). The second-order valence-corrected chi connectivity index (χ2v) is 3.11. The molecule has 0 saturated carbocycles. The van der Waals surface area contributed by atoms with Crippen LogP contribution in [-0.4, -0.2) is 5.91 Å². The van der Waals surface area contributed by atoms with E-state index in [9.17, 15) is 4.79 Å². The summed E-state index contributed by atoms with van der Waals surface area (Å²) in [6, 6.07) is 0. The van der Waals surface area contributed by atoms with Crippen LogP contribution in [0.25, 0.3) is 0 Å². The zero-order valence-corrected chi connectivity index (χ0v) is 7.33. The van der Waals surface area contributed by atoms with Crippen LogP contribution >= 0.6 is 23.2 Å². The molecule has 2 nitrogen and oxygen atoms in total. The minimum absolute atomic E-state index is 0.0500. The van der Waals surface area contributed by atoms with E-state index >= 15 is 0 Å². The molecule has 0 aliphatic rings. The molecule has 0 atom stereocenters. The molecule has 0 heterocycles. The number of halogens is 2. The van der Waals surface area contributed by atoms with Crippen LogP contribution in [0.15, 0.2) is 10.7 Å². The second-order valence-electron chi connectivity index (χ2n) is 2.10. The Labute approximate surface area is 70.2 Å². The summed E-state index contributed by atoms with van der Waals surface area (Å²) in [5, 5.41) is 2.42. The largest absolute Gasteiger partial charge is 0.330 e. The fraction of sp³-hybridized carbons (Fsp3) is 0.500. The Morgan fingerprint density at radius 3 is 2.30 bits per heavy atom. The van der Waals surface area contributed by atoms with E-state index in [1.54, 1.807) is 13.8 Å². The van der Waals surface area contributed by atoms with Crippen molar-refractivity contribution in [3.63, 3.8) is 0 Å². The molecule has 0 bridgehead atoms. The quantitative estimate of drug-likeness (QED) is 0.695. The number of carbonyl (C=O) groups excluding carboxylic acids is 1. The monoisotopic (exact) mass is 181 g/mol. The van der Waals surface area contributed by atoms with Gasteiger partial charge in [0.2, 0.25) is 5.91 Å². The summed E-state index contributed by atoms with van der Waals surface area (Å²) in [5.74, 6) is -0.150. The molecule has 4 heteroatoms. The fourth-order valence-electron chi connectivity index (χ4n) is 0.292. The molecule has 0 aromatic heterocycles. The topological polar surface area (TPSA) is 29.1 Å². The molecule has 0 aromatic carbocycles. The summed E-state index contributed by atoms with van der Waals surface area (Å²) in [6.07, 6.45) is 1.26. The maximum atomic E-state index is 10.8. The lowest BCUT2D eigenvalue weighted by Crippen LogP contribution is -2.22. The van der Waals surface area contributed by atoms with Crippen molar-refractivity contribution >= 4 is 29.1 Å². The van der Waals surface area contributed by atoms with Gasteiger partial charge >= 0.3 is 0 Å². The summed E-state index contributed by atoms with van der Waals surface area (Å²) in [5.41, 5.74) is 0. The first-order chi connectivity index (χ1) is 4.54. The third kappa shape index (κ3) is 4.65. The Morgan fingerprint density at radius 1 is 1.50 bits per heavy atom. The highest BCUT2D eigenvalue weighted by atomic mass is 35.5. The van der Waals surface area contributed by atoms with E-state index in [4.69, 9.17) is 23.2 Å². The number of carbonyl (C=O) groups is 1. The molecule has 0 aliphatic heterocycles. The van der Waals surface area contributed by atoms with E-state index in [2.05, 4.69) is 5.32 Å². The number of hydrogen-bond donors (Lipinski definition) is 1. The van der Waals surface area contributed by atoms with Crippen LogP contribution in [0, 0.1) is 5.92 Å². The van der Waals surface area contributed by atoms with Crippen molar-refractivity contribution in [1.29, 1.82) is 0 Å². The van der Waals surface area contributed by atoms with Crippen molar-refractivity contribution in [3.8, 4) is 0 Å². The van der Waals surface area contributed by atoms with E-state index in [1.165, 1.54) is 6.20 Å². The Morgan fingerprint density at radius 2 is 2.00 bits per heavy atom. The molecule has 1 N–H and O–H groups in total. The molecule has 0 spiro atoms. The minimum atomic E-state index is -0.0983. The van der Waals surface area contributed by atoms with E-state index in [0.29, 0.717) is 0 Å². The second kappa shape index (κ2) is 4.58. The van der Waals surface area contributed by atoms with Gasteiger partial charge in [0, 0.05) is 12.1 Å². The summed E-state index contributed by atoms with van der Waals surface area (Å²) < 4.78 is 0.0500. The summed E-state index contributed by atoms with van der Waals surface area (Å²) >= 11 is 10.5. The summed E-state index contributed by atoms with van der Waals surface area (Å²) in [4.78, 5) is 10.8.